The number of halogens is 1. The first kappa shape index (κ1) is 14.5. The number of aliphatic hydroxyl groups excluding tert-OH is 1. The second-order valence-corrected chi connectivity index (χ2v) is 5.24. The Morgan fingerprint density at radius 1 is 1.25 bits per heavy atom. The van der Waals surface area contributed by atoms with Crippen LogP contribution in [0.1, 0.15) is 16.5 Å². The van der Waals surface area contributed by atoms with Gasteiger partial charge in [-0.1, -0.05) is 18.2 Å². The molecule has 0 aliphatic rings. The van der Waals surface area contributed by atoms with Crippen LogP contribution in [-0.4, -0.2) is 17.7 Å². The molecule has 1 aromatic carbocycles. The number of rotatable bonds is 5. The minimum absolute atomic E-state index is 0.0713. The van der Waals surface area contributed by atoms with E-state index in [1.54, 1.807) is 11.3 Å². The van der Waals surface area contributed by atoms with Crippen LogP contribution in [0.2, 0.25) is 0 Å². The summed E-state index contributed by atoms with van der Waals surface area (Å²) in [5.74, 6) is -0.359. The van der Waals surface area contributed by atoms with Gasteiger partial charge in [-0.2, -0.15) is 0 Å². The van der Waals surface area contributed by atoms with Crippen molar-refractivity contribution in [3.63, 3.8) is 0 Å². The Morgan fingerprint density at radius 2 is 2.00 bits per heavy atom. The van der Waals surface area contributed by atoms with E-state index in [-0.39, 0.29) is 18.4 Å². The number of amides is 2. The maximum Gasteiger partial charge on any atom is 0.315 e. The number of urea groups is 1. The molecule has 1 heterocycles. The molecule has 1 aromatic heterocycles. The summed E-state index contributed by atoms with van der Waals surface area (Å²) >= 11 is 1.56. The topological polar surface area (TPSA) is 61.4 Å². The van der Waals surface area contributed by atoms with Gasteiger partial charge in [0, 0.05) is 11.4 Å². The summed E-state index contributed by atoms with van der Waals surface area (Å²) in [5.41, 5.74) is 0.560. The quantitative estimate of drug-likeness (QED) is 0.793. The SMILES string of the molecule is O=C(NCc1cccs1)NCC(O)c1ccc(F)cc1. The molecule has 0 aliphatic heterocycles. The first-order valence-electron chi connectivity index (χ1n) is 6.13. The average molecular weight is 294 g/mol. The van der Waals surface area contributed by atoms with Crippen molar-refractivity contribution >= 4 is 17.4 Å². The molecule has 4 nitrogen and oxygen atoms in total. The highest BCUT2D eigenvalue weighted by atomic mass is 32.1. The van der Waals surface area contributed by atoms with Gasteiger partial charge in [0.1, 0.15) is 5.82 Å². The van der Waals surface area contributed by atoms with Gasteiger partial charge in [-0.3, -0.25) is 0 Å². The molecule has 2 amide bonds. The van der Waals surface area contributed by atoms with Crippen LogP contribution in [0.5, 0.6) is 0 Å². The summed E-state index contributed by atoms with van der Waals surface area (Å²) in [7, 11) is 0. The molecule has 106 valence electrons. The number of nitrogens with one attached hydrogen (secondary N) is 2. The summed E-state index contributed by atoms with van der Waals surface area (Å²) in [6, 6.07) is 9.02. The van der Waals surface area contributed by atoms with E-state index in [9.17, 15) is 14.3 Å². The molecule has 3 N–H and O–H groups in total. The molecule has 6 heteroatoms. The third-order valence-electron chi connectivity index (χ3n) is 2.71. The van der Waals surface area contributed by atoms with Crippen LogP contribution in [0.25, 0.3) is 0 Å². The van der Waals surface area contributed by atoms with E-state index in [1.165, 1.54) is 24.3 Å². The molecule has 0 bridgehead atoms. The van der Waals surface area contributed by atoms with Gasteiger partial charge in [0.05, 0.1) is 12.6 Å². The second-order valence-electron chi connectivity index (χ2n) is 4.21. The fourth-order valence-electron chi connectivity index (χ4n) is 1.64. The van der Waals surface area contributed by atoms with E-state index in [2.05, 4.69) is 10.6 Å². The van der Waals surface area contributed by atoms with Crippen molar-refractivity contribution in [2.45, 2.75) is 12.6 Å². The van der Waals surface area contributed by atoms with E-state index < -0.39 is 6.10 Å². The molecule has 0 fully saturated rings. The van der Waals surface area contributed by atoms with Crippen molar-refractivity contribution < 1.29 is 14.3 Å². The summed E-state index contributed by atoms with van der Waals surface area (Å²) in [6.45, 7) is 0.526. The van der Waals surface area contributed by atoms with Crippen LogP contribution in [-0.2, 0) is 6.54 Å². The first-order valence-corrected chi connectivity index (χ1v) is 7.01. The standard InChI is InChI=1S/C14H15FN2O2S/c15-11-5-3-10(4-6-11)13(18)9-17-14(19)16-8-12-2-1-7-20-12/h1-7,13,18H,8-9H2,(H2,16,17,19). The molecule has 0 radical (unpaired) electrons. The zero-order valence-corrected chi connectivity index (χ0v) is 11.5. The Bertz CT molecular complexity index is 543. The third-order valence-corrected chi connectivity index (χ3v) is 3.59. The molecule has 1 atom stereocenters. The molecule has 2 rings (SSSR count). The van der Waals surface area contributed by atoms with Crippen molar-refractivity contribution in [2.75, 3.05) is 6.54 Å². The zero-order chi connectivity index (χ0) is 14.4. The highest BCUT2D eigenvalue weighted by molar-refractivity contribution is 7.09. The van der Waals surface area contributed by atoms with Crippen LogP contribution in [0.15, 0.2) is 41.8 Å². The lowest BCUT2D eigenvalue weighted by Crippen LogP contribution is -2.37. The number of hydrogen-bond acceptors (Lipinski definition) is 3. The number of hydrogen-bond donors (Lipinski definition) is 3. The van der Waals surface area contributed by atoms with Gasteiger partial charge in [0.2, 0.25) is 0 Å². The number of carbonyl (C=O) groups is 1. The van der Waals surface area contributed by atoms with Crippen molar-refractivity contribution in [1.29, 1.82) is 0 Å². The molecular formula is C14H15FN2O2S. The molecule has 0 spiro atoms. The van der Waals surface area contributed by atoms with Gasteiger partial charge in [-0.25, -0.2) is 9.18 Å². The fraction of sp³-hybridized carbons (Fsp3) is 0.214. The molecule has 20 heavy (non-hydrogen) atoms. The number of carbonyl (C=O) groups excluding carboxylic acids is 1. The van der Waals surface area contributed by atoms with E-state index in [0.717, 1.165) is 4.88 Å². The normalized spacial score (nSPS) is 11.9. The highest BCUT2D eigenvalue weighted by Gasteiger charge is 2.09. The minimum atomic E-state index is -0.858. The van der Waals surface area contributed by atoms with Gasteiger partial charge in [-0.05, 0) is 29.1 Å². The largest absolute Gasteiger partial charge is 0.387 e. The lowest BCUT2D eigenvalue weighted by molar-refractivity contribution is 0.173. The smallest absolute Gasteiger partial charge is 0.315 e. The van der Waals surface area contributed by atoms with Crippen LogP contribution < -0.4 is 10.6 Å². The van der Waals surface area contributed by atoms with Crippen molar-refractivity contribution in [3.05, 3.63) is 58.0 Å². The van der Waals surface area contributed by atoms with Crippen LogP contribution in [0.4, 0.5) is 9.18 Å². The predicted molar refractivity (Wildman–Crippen MR) is 75.9 cm³/mol. The molecule has 0 aliphatic carbocycles. The summed E-state index contributed by atoms with van der Waals surface area (Å²) < 4.78 is 12.7. The third kappa shape index (κ3) is 4.32. The Morgan fingerprint density at radius 3 is 2.65 bits per heavy atom. The molecular weight excluding hydrogens is 279 g/mol. The lowest BCUT2D eigenvalue weighted by atomic mass is 10.1. The van der Waals surface area contributed by atoms with Gasteiger partial charge in [0.15, 0.2) is 0 Å². The van der Waals surface area contributed by atoms with Gasteiger partial charge >= 0.3 is 6.03 Å². The average Bonchev–Trinajstić information content (AvgIpc) is 2.96. The van der Waals surface area contributed by atoms with Crippen molar-refractivity contribution in [1.82, 2.24) is 10.6 Å². The van der Waals surface area contributed by atoms with Crippen LogP contribution >= 0.6 is 11.3 Å². The Kier molecular flexibility index (Phi) is 5.09. The number of aliphatic hydroxyl groups is 1. The second kappa shape index (κ2) is 7.02. The predicted octanol–water partition coefficient (Wildman–Crippen LogP) is 2.42. The monoisotopic (exact) mass is 294 g/mol. The first-order chi connectivity index (χ1) is 9.65. The fourth-order valence-corrected chi connectivity index (χ4v) is 2.28. The summed E-state index contributed by atoms with van der Waals surface area (Å²) in [6.07, 6.45) is -0.858. The van der Waals surface area contributed by atoms with Gasteiger partial charge < -0.3 is 15.7 Å². The Hall–Kier alpha value is -1.92. The lowest BCUT2D eigenvalue weighted by Gasteiger charge is -2.12. The van der Waals surface area contributed by atoms with E-state index >= 15 is 0 Å². The maximum absolute atomic E-state index is 12.7. The molecule has 0 saturated heterocycles. The number of thiophene rings is 1. The van der Waals surface area contributed by atoms with Gasteiger partial charge in [0.25, 0.3) is 0 Å². The van der Waals surface area contributed by atoms with Crippen LogP contribution in [0.3, 0.4) is 0 Å². The van der Waals surface area contributed by atoms with E-state index in [1.807, 2.05) is 17.5 Å². The Balaban J connectivity index is 1.73. The van der Waals surface area contributed by atoms with Crippen molar-refractivity contribution in [2.24, 2.45) is 0 Å². The molecule has 1 unspecified atom stereocenters. The van der Waals surface area contributed by atoms with E-state index in [4.69, 9.17) is 0 Å². The molecule has 2 aromatic rings. The highest BCUT2D eigenvalue weighted by Crippen LogP contribution is 2.12. The maximum atomic E-state index is 12.7. The zero-order valence-electron chi connectivity index (χ0n) is 10.7. The number of benzene rings is 1. The van der Waals surface area contributed by atoms with E-state index in [0.29, 0.717) is 12.1 Å². The Labute approximate surface area is 120 Å². The molecule has 0 saturated carbocycles. The van der Waals surface area contributed by atoms with Crippen LogP contribution in [0, 0.1) is 5.82 Å². The van der Waals surface area contributed by atoms with Gasteiger partial charge in [-0.15, -0.1) is 11.3 Å². The summed E-state index contributed by atoms with van der Waals surface area (Å²) in [4.78, 5) is 12.6. The van der Waals surface area contributed by atoms with Crippen molar-refractivity contribution in [3.8, 4) is 0 Å². The summed E-state index contributed by atoms with van der Waals surface area (Å²) in [5, 5.41) is 17.0. The minimum Gasteiger partial charge on any atom is -0.387 e.